The lowest BCUT2D eigenvalue weighted by Gasteiger charge is -2.26. The van der Waals surface area contributed by atoms with E-state index in [9.17, 15) is 14.4 Å². The van der Waals surface area contributed by atoms with Crippen LogP contribution < -0.4 is 15.0 Å². The van der Waals surface area contributed by atoms with Gasteiger partial charge in [-0.15, -0.1) is 11.3 Å². The first kappa shape index (κ1) is 21.9. The Bertz CT molecular complexity index is 1440. The lowest BCUT2D eigenvalue weighted by atomic mass is 10.1. The predicted molar refractivity (Wildman–Crippen MR) is 129 cm³/mol. The number of urea groups is 1. The highest BCUT2D eigenvalue weighted by Crippen LogP contribution is 2.36. The Morgan fingerprint density at radius 2 is 1.94 bits per heavy atom. The quantitative estimate of drug-likeness (QED) is 0.296. The number of aromatic nitrogens is 1. The number of barbiturate groups is 1. The summed E-state index contributed by atoms with van der Waals surface area (Å²) in [5, 5.41) is 2.75. The second kappa shape index (κ2) is 9.16. The monoisotopic (exact) mass is 491 g/mol. The van der Waals surface area contributed by atoms with E-state index in [1.807, 2.05) is 25.1 Å². The van der Waals surface area contributed by atoms with Crippen molar-refractivity contribution < 1.29 is 23.5 Å². The van der Waals surface area contributed by atoms with Crippen LogP contribution in [0, 0.1) is 0 Å². The third-order valence-corrected chi connectivity index (χ3v) is 6.84. The lowest BCUT2D eigenvalue weighted by Crippen LogP contribution is -2.54. The van der Waals surface area contributed by atoms with E-state index in [2.05, 4.69) is 10.3 Å². The van der Waals surface area contributed by atoms with Crippen molar-refractivity contribution >= 4 is 62.9 Å². The largest absolute Gasteiger partial charge is 0.494 e. The zero-order valence-corrected chi connectivity index (χ0v) is 19.4. The fraction of sp³-hybridized carbons (Fsp3) is 0.0833. The van der Waals surface area contributed by atoms with Crippen molar-refractivity contribution in [1.82, 2.24) is 10.3 Å². The van der Waals surface area contributed by atoms with Gasteiger partial charge in [0.1, 0.15) is 17.1 Å². The fourth-order valence-corrected chi connectivity index (χ4v) is 5.35. The number of thiazole rings is 1. The maximum Gasteiger partial charge on any atom is 0.335 e. The molecule has 1 saturated heterocycles. The standard InChI is InChI=1S/C24H17N3O5S2/c1-2-31-15-8-10-18-19(13-15)33-24(25-18)34-20-11-9-16(32-20)12-17-21(28)26-23(30)27(22(17)29)14-6-4-3-5-7-14/h3-13H,2H2,1H3,(H,26,28,30)/b17-12+. The van der Waals surface area contributed by atoms with Crippen molar-refractivity contribution in [2.75, 3.05) is 11.5 Å². The predicted octanol–water partition coefficient (Wildman–Crippen LogP) is 5.11. The molecule has 0 radical (unpaired) electrons. The molecular formula is C24H17N3O5S2. The minimum Gasteiger partial charge on any atom is -0.494 e. The van der Waals surface area contributed by atoms with Crippen molar-refractivity contribution in [3.8, 4) is 5.75 Å². The van der Waals surface area contributed by atoms with Gasteiger partial charge < -0.3 is 9.15 Å². The number of carbonyl (C=O) groups is 3. The van der Waals surface area contributed by atoms with Crippen LogP contribution in [0.15, 0.2) is 80.1 Å². The number of carbonyl (C=O) groups excluding carboxylic acids is 3. The number of furan rings is 1. The average molecular weight is 492 g/mol. The highest BCUT2D eigenvalue weighted by Gasteiger charge is 2.37. The Labute approximate surface area is 202 Å². The van der Waals surface area contributed by atoms with Gasteiger partial charge in [0.05, 0.1) is 22.5 Å². The summed E-state index contributed by atoms with van der Waals surface area (Å²) in [6, 6.07) is 16.7. The summed E-state index contributed by atoms with van der Waals surface area (Å²) >= 11 is 2.85. The van der Waals surface area contributed by atoms with Crippen LogP contribution in [0.1, 0.15) is 12.7 Å². The van der Waals surface area contributed by atoms with E-state index < -0.39 is 17.8 Å². The van der Waals surface area contributed by atoms with Crippen LogP contribution in [0.4, 0.5) is 10.5 Å². The number of para-hydroxylation sites is 1. The van der Waals surface area contributed by atoms with Crippen LogP contribution in [-0.4, -0.2) is 29.4 Å². The van der Waals surface area contributed by atoms with Gasteiger partial charge in [-0.05, 0) is 67.2 Å². The van der Waals surface area contributed by atoms with Gasteiger partial charge in [-0.1, -0.05) is 18.2 Å². The van der Waals surface area contributed by atoms with Gasteiger partial charge in [-0.3, -0.25) is 14.9 Å². The molecule has 1 N–H and O–H groups in total. The number of benzene rings is 2. The topological polar surface area (TPSA) is 102 Å². The van der Waals surface area contributed by atoms with Gasteiger partial charge in [0.15, 0.2) is 9.43 Å². The normalized spacial score (nSPS) is 15.3. The van der Waals surface area contributed by atoms with Crippen LogP contribution in [0.5, 0.6) is 5.75 Å². The first-order chi connectivity index (χ1) is 16.5. The zero-order valence-electron chi connectivity index (χ0n) is 17.8. The second-order valence-electron chi connectivity index (χ2n) is 7.09. The molecule has 0 bridgehead atoms. The Kier molecular flexibility index (Phi) is 5.91. The number of anilines is 1. The molecule has 0 saturated carbocycles. The van der Waals surface area contributed by atoms with Gasteiger partial charge in [0.25, 0.3) is 11.8 Å². The number of amides is 4. The van der Waals surface area contributed by atoms with E-state index in [1.54, 1.807) is 42.5 Å². The van der Waals surface area contributed by atoms with Crippen LogP contribution in [0.2, 0.25) is 0 Å². The number of ether oxygens (including phenoxy) is 1. The summed E-state index contributed by atoms with van der Waals surface area (Å²) in [5.74, 6) is -0.394. The molecule has 34 heavy (non-hydrogen) atoms. The van der Waals surface area contributed by atoms with Crippen LogP contribution in [0.25, 0.3) is 16.3 Å². The van der Waals surface area contributed by atoms with E-state index in [4.69, 9.17) is 9.15 Å². The third kappa shape index (κ3) is 4.33. The minimum absolute atomic E-state index is 0.196. The van der Waals surface area contributed by atoms with Crippen LogP contribution >= 0.6 is 23.1 Å². The summed E-state index contributed by atoms with van der Waals surface area (Å²) in [6.07, 6.45) is 1.33. The zero-order chi connectivity index (χ0) is 23.7. The number of imide groups is 2. The van der Waals surface area contributed by atoms with Gasteiger partial charge in [-0.2, -0.15) is 0 Å². The average Bonchev–Trinajstić information content (AvgIpc) is 3.43. The molecule has 0 atom stereocenters. The number of nitrogens with zero attached hydrogens (tertiary/aromatic N) is 2. The summed E-state index contributed by atoms with van der Waals surface area (Å²) in [7, 11) is 0. The Balaban J connectivity index is 1.37. The first-order valence-electron chi connectivity index (χ1n) is 10.3. The molecule has 2 aromatic carbocycles. The molecule has 1 aliphatic rings. The smallest absolute Gasteiger partial charge is 0.335 e. The summed E-state index contributed by atoms with van der Waals surface area (Å²) in [4.78, 5) is 43.1. The SMILES string of the molecule is CCOc1ccc2nc(Sc3ccc(/C=C4\C(=O)NC(=O)N(c5ccccc5)C4=O)o3)sc2c1. The van der Waals surface area contributed by atoms with Crippen molar-refractivity contribution in [2.24, 2.45) is 0 Å². The maximum absolute atomic E-state index is 12.9. The van der Waals surface area contributed by atoms with Gasteiger partial charge in [0.2, 0.25) is 0 Å². The van der Waals surface area contributed by atoms with Crippen molar-refractivity contribution in [2.45, 2.75) is 16.4 Å². The number of nitrogens with one attached hydrogen (secondary N) is 1. The van der Waals surface area contributed by atoms with Crippen LogP contribution in [0.3, 0.4) is 0 Å². The Morgan fingerprint density at radius 1 is 1.12 bits per heavy atom. The summed E-state index contributed by atoms with van der Waals surface area (Å²) in [6.45, 7) is 2.53. The Morgan fingerprint density at radius 3 is 2.74 bits per heavy atom. The van der Waals surface area contributed by atoms with Gasteiger partial charge in [0, 0.05) is 0 Å². The maximum atomic E-state index is 12.9. The summed E-state index contributed by atoms with van der Waals surface area (Å²) < 4.78 is 13.1. The van der Waals surface area contributed by atoms with E-state index >= 15 is 0 Å². The molecule has 3 heterocycles. The number of hydrogen-bond acceptors (Lipinski definition) is 8. The fourth-order valence-electron chi connectivity index (χ4n) is 3.35. The van der Waals surface area contributed by atoms with Gasteiger partial charge in [-0.25, -0.2) is 14.7 Å². The second-order valence-corrected chi connectivity index (χ2v) is 9.38. The third-order valence-electron chi connectivity index (χ3n) is 4.84. The molecule has 1 fully saturated rings. The molecule has 4 aromatic rings. The number of fused-ring (bicyclic) bond motifs is 1. The van der Waals surface area contributed by atoms with Crippen LogP contribution in [-0.2, 0) is 9.59 Å². The van der Waals surface area contributed by atoms with E-state index in [-0.39, 0.29) is 5.57 Å². The molecule has 0 unspecified atom stereocenters. The van der Waals surface area contributed by atoms with E-state index in [0.717, 1.165) is 25.2 Å². The minimum atomic E-state index is -0.794. The van der Waals surface area contributed by atoms with E-state index in [0.29, 0.717) is 23.1 Å². The van der Waals surface area contributed by atoms with Crippen molar-refractivity contribution in [3.05, 3.63) is 72.0 Å². The van der Waals surface area contributed by atoms with Crippen molar-refractivity contribution in [3.63, 3.8) is 0 Å². The van der Waals surface area contributed by atoms with Gasteiger partial charge >= 0.3 is 6.03 Å². The molecule has 0 aliphatic carbocycles. The molecule has 10 heteroatoms. The van der Waals surface area contributed by atoms with E-state index in [1.165, 1.54) is 29.2 Å². The highest BCUT2D eigenvalue weighted by atomic mass is 32.2. The molecule has 4 amide bonds. The first-order valence-corrected chi connectivity index (χ1v) is 11.9. The number of rotatable bonds is 6. The molecule has 170 valence electrons. The molecule has 2 aromatic heterocycles. The van der Waals surface area contributed by atoms with Crippen molar-refractivity contribution in [1.29, 1.82) is 0 Å². The lowest BCUT2D eigenvalue weighted by molar-refractivity contribution is -0.122. The molecule has 1 aliphatic heterocycles. The molecule has 5 rings (SSSR count). The molecule has 0 spiro atoms. The molecule has 8 nitrogen and oxygen atoms in total. The Hall–Kier alpha value is -3.89. The highest BCUT2D eigenvalue weighted by molar-refractivity contribution is 8.01. The summed E-state index contributed by atoms with van der Waals surface area (Å²) in [5.41, 5.74) is 1.03. The molecular weight excluding hydrogens is 474 g/mol. The number of hydrogen-bond donors (Lipinski definition) is 1.